The van der Waals surface area contributed by atoms with E-state index in [1.165, 1.54) is 89.9 Å². The molecule has 2 nitrogen and oxygen atoms in total. The van der Waals surface area contributed by atoms with E-state index >= 15 is 0 Å². The van der Waals surface area contributed by atoms with Gasteiger partial charge in [0.05, 0.1) is 0 Å². The third kappa shape index (κ3) is 22.9. The lowest BCUT2D eigenvalue weighted by atomic mass is 10.1. The van der Waals surface area contributed by atoms with Crippen LogP contribution in [-0.2, 0) is 4.79 Å². The molecule has 0 aliphatic rings. The summed E-state index contributed by atoms with van der Waals surface area (Å²) in [5.74, 6) is -0.666. The van der Waals surface area contributed by atoms with Crippen molar-refractivity contribution in [3.05, 3.63) is 24.3 Å². The molecule has 0 radical (unpaired) electrons. The van der Waals surface area contributed by atoms with Crippen molar-refractivity contribution in [3.63, 3.8) is 0 Å². The van der Waals surface area contributed by atoms with E-state index in [1.54, 1.807) is 0 Å². The smallest absolute Gasteiger partial charge is 0.303 e. The van der Waals surface area contributed by atoms with E-state index in [1.807, 2.05) is 0 Å². The second-order valence-electron chi connectivity index (χ2n) is 7.13. The maximum absolute atomic E-state index is 10.4. The lowest BCUT2D eigenvalue weighted by Gasteiger charge is -1.98. The molecule has 0 atom stereocenters. The van der Waals surface area contributed by atoms with Crippen LogP contribution in [0.15, 0.2) is 24.3 Å². The van der Waals surface area contributed by atoms with Crippen LogP contribution < -0.4 is 0 Å². The molecule has 0 bridgehead atoms. The molecule has 0 rings (SSSR count). The molecule has 0 saturated carbocycles. The van der Waals surface area contributed by atoms with Gasteiger partial charge in [-0.05, 0) is 57.8 Å². The van der Waals surface area contributed by atoms with Crippen molar-refractivity contribution in [2.45, 2.75) is 116 Å². The van der Waals surface area contributed by atoms with Crippen molar-refractivity contribution < 1.29 is 9.90 Å². The number of hydrogen-bond acceptors (Lipinski definition) is 1. The van der Waals surface area contributed by atoms with Gasteiger partial charge in [0.15, 0.2) is 0 Å². The van der Waals surface area contributed by atoms with Gasteiger partial charge < -0.3 is 5.11 Å². The van der Waals surface area contributed by atoms with Crippen LogP contribution in [-0.4, -0.2) is 11.1 Å². The Bertz CT molecular complexity index is 331. The van der Waals surface area contributed by atoms with Crippen molar-refractivity contribution in [1.82, 2.24) is 0 Å². The number of unbranched alkanes of at least 4 members (excludes halogenated alkanes) is 13. The summed E-state index contributed by atoms with van der Waals surface area (Å²) in [6.07, 6.45) is 29.6. The van der Waals surface area contributed by atoms with E-state index < -0.39 is 5.97 Å². The predicted octanol–water partition coefficient (Wildman–Crippen LogP) is 7.84. The first-order chi connectivity index (χ1) is 12.3. The number of rotatable bonds is 19. The molecule has 0 aliphatic carbocycles. The van der Waals surface area contributed by atoms with Crippen molar-refractivity contribution in [1.29, 1.82) is 0 Å². The third-order valence-electron chi connectivity index (χ3n) is 4.56. The monoisotopic (exact) mass is 350 g/mol. The highest BCUT2D eigenvalue weighted by atomic mass is 16.4. The second kappa shape index (κ2) is 21.0. The van der Waals surface area contributed by atoms with Crippen LogP contribution in [0, 0.1) is 0 Å². The van der Waals surface area contributed by atoms with Crippen LogP contribution in [0.25, 0.3) is 0 Å². The zero-order valence-corrected chi connectivity index (χ0v) is 16.7. The first-order valence-corrected chi connectivity index (χ1v) is 10.8. The molecule has 0 aromatic carbocycles. The number of carbonyl (C=O) groups is 1. The average Bonchev–Trinajstić information content (AvgIpc) is 2.60. The van der Waals surface area contributed by atoms with Gasteiger partial charge in [-0.25, -0.2) is 0 Å². The minimum Gasteiger partial charge on any atom is -0.481 e. The van der Waals surface area contributed by atoms with Crippen LogP contribution in [0.4, 0.5) is 0 Å². The summed E-state index contributed by atoms with van der Waals surface area (Å²) in [7, 11) is 0. The van der Waals surface area contributed by atoms with Gasteiger partial charge in [-0.2, -0.15) is 0 Å². The molecule has 0 amide bonds. The van der Waals surface area contributed by atoms with E-state index in [0.29, 0.717) is 6.42 Å². The summed E-state index contributed by atoms with van der Waals surface area (Å²) >= 11 is 0. The number of aliphatic carboxylic acids is 1. The average molecular weight is 351 g/mol. The van der Waals surface area contributed by atoms with Gasteiger partial charge in [0.2, 0.25) is 0 Å². The predicted molar refractivity (Wildman–Crippen MR) is 110 cm³/mol. The molecule has 0 heterocycles. The maximum atomic E-state index is 10.4. The van der Waals surface area contributed by atoms with E-state index in [4.69, 9.17) is 5.11 Å². The molecule has 146 valence electrons. The number of allylic oxidation sites excluding steroid dienone is 4. The van der Waals surface area contributed by atoms with Crippen molar-refractivity contribution in [3.8, 4) is 0 Å². The Kier molecular flexibility index (Phi) is 20.1. The standard InChI is InChI=1S/C23H42O2/c1-2-3-4-5-6-7-8-9-10-11-12-13-14-15-16-17-18-19-20-21-22-23(24)25/h8-9,14-15H,2-7,10-13,16-22H2,1H3,(H,24,25). The summed E-state index contributed by atoms with van der Waals surface area (Å²) < 4.78 is 0. The number of carboxylic acids is 1. The Morgan fingerprint density at radius 2 is 0.960 bits per heavy atom. The van der Waals surface area contributed by atoms with Crippen LogP contribution in [0.1, 0.15) is 116 Å². The number of carboxylic acid groups (broad SMARTS) is 1. The van der Waals surface area contributed by atoms with Gasteiger partial charge in [-0.3, -0.25) is 4.79 Å². The summed E-state index contributed by atoms with van der Waals surface area (Å²) in [4.78, 5) is 10.4. The van der Waals surface area contributed by atoms with Crippen molar-refractivity contribution in [2.75, 3.05) is 0 Å². The van der Waals surface area contributed by atoms with Gasteiger partial charge in [-0.1, -0.05) is 76.2 Å². The maximum Gasteiger partial charge on any atom is 0.303 e. The lowest BCUT2D eigenvalue weighted by molar-refractivity contribution is -0.137. The molecule has 2 heteroatoms. The first kappa shape index (κ1) is 23.9. The van der Waals surface area contributed by atoms with E-state index in [9.17, 15) is 4.79 Å². The molecular weight excluding hydrogens is 308 g/mol. The molecule has 0 aromatic heterocycles. The molecule has 0 fully saturated rings. The molecule has 0 spiro atoms. The van der Waals surface area contributed by atoms with Crippen molar-refractivity contribution in [2.24, 2.45) is 0 Å². The minimum absolute atomic E-state index is 0.327. The van der Waals surface area contributed by atoms with E-state index in [2.05, 4.69) is 31.2 Å². The summed E-state index contributed by atoms with van der Waals surface area (Å²) in [5, 5.41) is 8.55. The Morgan fingerprint density at radius 3 is 1.40 bits per heavy atom. The number of hydrogen-bond donors (Lipinski definition) is 1. The Hall–Kier alpha value is -1.05. The van der Waals surface area contributed by atoms with Gasteiger partial charge in [-0.15, -0.1) is 0 Å². The SMILES string of the molecule is CCCCCCCC=CCCCCC=CCCCCCCCC(=O)O. The van der Waals surface area contributed by atoms with Crippen LogP contribution in [0.2, 0.25) is 0 Å². The highest BCUT2D eigenvalue weighted by Gasteiger charge is 1.95. The van der Waals surface area contributed by atoms with Crippen LogP contribution in [0.5, 0.6) is 0 Å². The topological polar surface area (TPSA) is 37.3 Å². The Morgan fingerprint density at radius 1 is 0.600 bits per heavy atom. The van der Waals surface area contributed by atoms with E-state index in [0.717, 1.165) is 12.8 Å². The summed E-state index contributed by atoms with van der Waals surface area (Å²) in [5.41, 5.74) is 0. The first-order valence-electron chi connectivity index (χ1n) is 10.8. The Balaban J connectivity index is 3.16. The largest absolute Gasteiger partial charge is 0.481 e. The zero-order chi connectivity index (χ0) is 18.4. The summed E-state index contributed by atoms with van der Waals surface area (Å²) in [6, 6.07) is 0. The van der Waals surface area contributed by atoms with Gasteiger partial charge >= 0.3 is 5.97 Å². The molecule has 1 N–H and O–H groups in total. The fraction of sp³-hybridized carbons (Fsp3) is 0.783. The molecule has 0 aromatic rings. The van der Waals surface area contributed by atoms with Crippen LogP contribution in [0.3, 0.4) is 0 Å². The van der Waals surface area contributed by atoms with Crippen molar-refractivity contribution >= 4 is 5.97 Å². The lowest BCUT2D eigenvalue weighted by Crippen LogP contribution is -1.93. The minimum atomic E-state index is -0.666. The van der Waals surface area contributed by atoms with E-state index in [-0.39, 0.29) is 0 Å². The second-order valence-corrected chi connectivity index (χ2v) is 7.13. The van der Waals surface area contributed by atoms with Gasteiger partial charge in [0.25, 0.3) is 0 Å². The fourth-order valence-electron chi connectivity index (χ4n) is 2.93. The normalized spacial score (nSPS) is 11.7. The molecule has 0 aliphatic heterocycles. The molecule has 25 heavy (non-hydrogen) atoms. The van der Waals surface area contributed by atoms with Crippen LogP contribution >= 0.6 is 0 Å². The fourth-order valence-corrected chi connectivity index (χ4v) is 2.93. The summed E-state index contributed by atoms with van der Waals surface area (Å²) in [6.45, 7) is 2.27. The third-order valence-corrected chi connectivity index (χ3v) is 4.56. The van der Waals surface area contributed by atoms with Gasteiger partial charge in [0.1, 0.15) is 0 Å². The molecule has 0 unspecified atom stereocenters. The molecule has 0 saturated heterocycles. The highest BCUT2D eigenvalue weighted by Crippen LogP contribution is 2.09. The molecular formula is C23H42O2. The Labute approximate surface area is 156 Å². The zero-order valence-electron chi connectivity index (χ0n) is 16.7. The van der Waals surface area contributed by atoms with Gasteiger partial charge in [0, 0.05) is 6.42 Å². The quantitative estimate of drug-likeness (QED) is 0.190. The highest BCUT2D eigenvalue weighted by molar-refractivity contribution is 5.66.